The van der Waals surface area contributed by atoms with E-state index < -0.39 is 0 Å². The first-order chi connectivity index (χ1) is 14.0. The summed E-state index contributed by atoms with van der Waals surface area (Å²) in [5, 5.41) is 2.66. The molecule has 6 heteroatoms. The van der Waals surface area contributed by atoms with E-state index in [9.17, 15) is 14.4 Å². The fraction of sp³-hybridized carbons (Fsp3) is 0.348. The molecule has 1 N–H and O–H groups in total. The molecule has 1 aliphatic heterocycles. The number of nitrogens with one attached hydrogen (secondary N) is 1. The number of carbonyl (C=O) groups is 3. The molecule has 3 amide bonds. The van der Waals surface area contributed by atoms with Gasteiger partial charge < -0.3 is 15.1 Å². The van der Waals surface area contributed by atoms with E-state index in [4.69, 9.17) is 0 Å². The molecule has 1 fully saturated rings. The largest absolute Gasteiger partial charge is 0.343 e. The summed E-state index contributed by atoms with van der Waals surface area (Å²) in [7, 11) is 0. The topological polar surface area (TPSA) is 69.7 Å². The number of nitrogens with zero attached hydrogens (tertiary/aromatic N) is 2. The molecule has 0 radical (unpaired) electrons. The highest BCUT2D eigenvalue weighted by Gasteiger charge is 2.24. The molecule has 0 aliphatic carbocycles. The van der Waals surface area contributed by atoms with Crippen molar-refractivity contribution in [2.75, 3.05) is 32.7 Å². The Morgan fingerprint density at radius 2 is 1.41 bits per heavy atom. The highest BCUT2D eigenvalue weighted by atomic mass is 16.2. The normalized spacial score (nSPS) is 13.8. The van der Waals surface area contributed by atoms with Crippen LogP contribution in [-0.4, -0.2) is 60.2 Å². The number of aryl methyl sites for hydroxylation is 2. The van der Waals surface area contributed by atoms with Crippen molar-refractivity contribution >= 4 is 17.7 Å². The minimum Gasteiger partial charge on any atom is -0.343 e. The highest BCUT2D eigenvalue weighted by molar-refractivity contribution is 5.96. The summed E-state index contributed by atoms with van der Waals surface area (Å²) in [5.41, 5.74) is 2.90. The van der Waals surface area contributed by atoms with Crippen LogP contribution in [0.2, 0.25) is 0 Å². The number of amides is 3. The molecule has 0 atom stereocenters. The number of hydrogen-bond acceptors (Lipinski definition) is 3. The number of rotatable bonds is 6. The zero-order chi connectivity index (χ0) is 20.6. The monoisotopic (exact) mass is 393 g/mol. The predicted molar refractivity (Wildman–Crippen MR) is 111 cm³/mol. The molecule has 0 bridgehead atoms. The molecule has 2 aromatic carbocycles. The molecule has 152 valence electrons. The van der Waals surface area contributed by atoms with E-state index in [2.05, 4.69) is 29.6 Å². The van der Waals surface area contributed by atoms with Gasteiger partial charge in [-0.2, -0.15) is 0 Å². The first-order valence-corrected chi connectivity index (χ1v) is 9.97. The molecule has 1 heterocycles. The summed E-state index contributed by atoms with van der Waals surface area (Å²) in [4.78, 5) is 40.4. The summed E-state index contributed by atoms with van der Waals surface area (Å²) < 4.78 is 0. The van der Waals surface area contributed by atoms with Crippen LogP contribution < -0.4 is 5.32 Å². The van der Waals surface area contributed by atoms with Crippen molar-refractivity contribution in [2.45, 2.75) is 19.8 Å². The minimum absolute atomic E-state index is 0.0326. The molecule has 1 aliphatic rings. The molecule has 29 heavy (non-hydrogen) atoms. The van der Waals surface area contributed by atoms with Gasteiger partial charge in [0.1, 0.15) is 0 Å². The molecule has 0 aromatic heterocycles. The van der Waals surface area contributed by atoms with Gasteiger partial charge in [0.05, 0.1) is 6.54 Å². The summed E-state index contributed by atoms with van der Waals surface area (Å²) in [5.74, 6) is -0.264. The molecule has 3 rings (SSSR count). The van der Waals surface area contributed by atoms with Gasteiger partial charge in [-0.05, 0) is 31.0 Å². The maximum Gasteiger partial charge on any atom is 0.251 e. The number of hydrogen-bond donors (Lipinski definition) is 1. The second-order valence-corrected chi connectivity index (χ2v) is 7.30. The van der Waals surface area contributed by atoms with Crippen LogP contribution in [0.3, 0.4) is 0 Å². The standard InChI is InChI=1S/C23H27N3O3/c1-18-7-9-19(10-8-18)11-12-21(27)25-13-15-26(16-14-25)22(28)17-24-23(29)20-5-3-2-4-6-20/h2-10H,11-17H2,1H3,(H,24,29). The van der Waals surface area contributed by atoms with Crippen LogP contribution >= 0.6 is 0 Å². The van der Waals surface area contributed by atoms with Gasteiger partial charge in [0.15, 0.2) is 0 Å². The predicted octanol–water partition coefficient (Wildman–Crippen LogP) is 2.03. The van der Waals surface area contributed by atoms with Gasteiger partial charge in [0.2, 0.25) is 11.8 Å². The zero-order valence-electron chi connectivity index (χ0n) is 16.8. The van der Waals surface area contributed by atoms with Crippen LogP contribution in [0.5, 0.6) is 0 Å². The van der Waals surface area contributed by atoms with Crippen LogP contribution in [-0.2, 0) is 16.0 Å². The summed E-state index contributed by atoms with van der Waals surface area (Å²) in [6.07, 6.45) is 1.20. The lowest BCUT2D eigenvalue weighted by Crippen LogP contribution is -2.52. The number of carbonyl (C=O) groups excluding carboxylic acids is 3. The Balaban J connectivity index is 1.39. The van der Waals surface area contributed by atoms with Crippen LogP contribution in [0, 0.1) is 6.92 Å². The number of piperazine rings is 1. The Morgan fingerprint density at radius 1 is 0.828 bits per heavy atom. The van der Waals surface area contributed by atoms with Crippen LogP contribution in [0.15, 0.2) is 54.6 Å². The molecule has 0 spiro atoms. The van der Waals surface area contributed by atoms with E-state index in [1.54, 1.807) is 29.2 Å². The van der Waals surface area contributed by atoms with E-state index in [0.717, 1.165) is 12.0 Å². The second kappa shape index (κ2) is 9.87. The van der Waals surface area contributed by atoms with E-state index in [0.29, 0.717) is 38.2 Å². The van der Waals surface area contributed by atoms with E-state index >= 15 is 0 Å². The Hall–Kier alpha value is -3.15. The third kappa shape index (κ3) is 5.91. The molecular weight excluding hydrogens is 366 g/mol. The van der Waals surface area contributed by atoms with Gasteiger partial charge in [-0.3, -0.25) is 14.4 Å². The lowest BCUT2D eigenvalue weighted by Gasteiger charge is -2.35. The van der Waals surface area contributed by atoms with Gasteiger partial charge in [0.25, 0.3) is 5.91 Å². The molecule has 0 unspecified atom stereocenters. The lowest BCUT2D eigenvalue weighted by molar-refractivity contribution is -0.138. The van der Waals surface area contributed by atoms with Crippen molar-refractivity contribution in [3.8, 4) is 0 Å². The average Bonchev–Trinajstić information content (AvgIpc) is 2.77. The Morgan fingerprint density at radius 3 is 2.03 bits per heavy atom. The van der Waals surface area contributed by atoms with Crippen molar-refractivity contribution < 1.29 is 14.4 Å². The highest BCUT2D eigenvalue weighted by Crippen LogP contribution is 2.09. The summed E-state index contributed by atoms with van der Waals surface area (Å²) in [6, 6.07) is 17.1. The third-order valence-corrected chi connectivity index (χ3v) is 5.17. The number of benzene rings is 2. The Kier molecular flexibility index (Phi) is 7.00. The molecular formula is C23H27N3O3. The van der Waals surface area contributed by atoms with Crippen LogP contribution in [0.4, 0.5) is 0 Å². The molecule has 1 saturated heterocycles. The van der Waals surface area contributed by atoms with Gasteiger partial charge in [-0.1, -0.05) is 48.0 Å². The van der Waals surface area contributed by atoms with E-state index in [1.165, 1.54) is 5.56 Å². The Bertz CT molecular complexity index is 841. The first kappa shape index (κ1) is 20.6. The van der Waals surface area contributed by atoms with Crippen molar-refractivity contribution in [2.24, 2.45) is 0 Å². The SMILES string of the molecule is Cc1ccc(CCC(=O)N2CCN(C(=O)CNC(=O)c3ccccc3)CC2)cc1. The minimum atomic E-state index is -0.260. The maximum absolute atomic E-state index is 12.5. The maximum atomic E-state index is 12.5. The van der Waals surface area contributed by atoms with Gasteiger partial charge in [-0.25, -0.2) is 0 Å². The average molecular weight is 393 g/mol. The second-order valence-electron chi connectivity index (χ2n) is 7.30. The van der Waals surface area contributed by atoms with Crippen molar-refractivity contribution in [3.63, 3.8) is 0 Å². The van der Waals surface area contributed by atoms with Crippen molar-refractivity contribution in [1.29, 1.82) is 0 Å². The van der Waals surface area contributed by atoms with Gasteiger partial charge in [-0.15, -0.1) is 0 Å². The van der Waals surface area contributed by atoms with Gasteiger partial charge >= 0.3 is 0 Å². The lowest BCUT2D eigenvalue weighted by atomic mass is 10.1. The van der Waals surface area contributed by atoms with Gasteiger partial charge in [0, 0.05) is 38.2 Å². The Labute approximate surface area is 171 Å². The molecule has 0 saturated carbocycles. The summed E-state index contributed by atoms with van der Waals surface area (Å²) >= 11 is 0. The van der Waals surface area contributed by atoms with Crippen LogP contribution in [0.1, 0.15) is 27.9 Å². The zero-order valence-corrected chi connectivity index (χ0v) is 16.8. The molecule has 6 nitrogen and oxygen atoms in total. The molecule has 2 aromatic rings. The van der Waals surface area contributed by atoms with Crippen molar-refractivity contribution in [1.82, 2.24) is 15.1 Å². The summed E-state index contributed by atoms with van der Waals surface area (Å²) in [6.45, 7) is 4.07. The fourth-order valence-electron chi connectivity index (χ4n) is 3.33. The quantitative estimate of drug-likeness (QED) is 0.816. The fourth-order valence-corrected chi connectivity index (χ4v) is 3.33. The third-order valence-electron chi connectivity index (χ3n) is 5.17. The van der Waals surface area contributed by atoms with E-state index in [1.807, 2.05) is 17.9 Å². The smallest absolute Gasteiger partial charge is 0.251 e. The first-order valence-electron chi connectivity index (χ1n) is 9.97. The van der Waals surface area contributed by atoms with Crippen molar-refractivity contribution in [3.05, 3.63) is 71.3 Å². The van der Waals surface area contributed by atoms with Crippen LogP contribution in [0.25, 0.3) is 0 Å². The van der Waals surface area contributed by atoms with E-state index in [-0.39, 0.29) is 24.3 Å².